The van der Waals surface area contributed by atoms with Gasteiger partial charge in [-0.05, 0) is 73.0 Å². The van der Waals surface area contributed by atoms with E-state index in [0.717, 1.165) is 41.1 Å². The molecule has 1 aromatic carbocycles. The number of carbonyl (C=O) groups excluding carboxylic acids is 1. The number of fused-ring (bicyclic) bond motifs is 1. The van der Waals surface area contributed by atoms with Crippen molar-refractivity contribution in [3.05, 3.63) is 65.8 Å². The first kappa shape index (κ1) is 19.6. The summed E-state index contributed by atoms with van der Waals surface area (Å²) < 4.78 is 17.2. The van der Waals surface area contributed by atoms with E-state index in [1.165, 1.54) is 18.3 Å². The summed E-state index contributed by atoms with van der Waals surface area (Å²) in [7, 11) is 1.90. The van der Waals surface area contributed by atoms with Crippen LogP contribution in [0.5, 0.6) is 0 Å². The van der Waals surface area contributed by atoms with Crippen molar-refractivity contribution < 1.29 is 9.18 Å². The van der Waals surface area contributed by atoms with Gasteiger partial charge < -0.3 is 10.5 Å². The van der Waals surface area contributed by atoms with Gasteiger partial charge in [0.25, 0.3) is 0 Å². The molecular weight excluding hydrogens is 389 g/mol. The van der Waals surface area contributed by atoms with Crippen molar-refractivity contribution >= 4 is 29.6 Å². The zero-order valence-corrected chi connectivity index (χ0v) is 16.9. The van der Waals surface area contributed by atoms with Gasteiger partial charge in [0.05, 0.1) is 23.0 Å². The third-order valence-corrected chi connectivity index (χ3v) is 6.53. The van der Waals surface area contributed by atoms with Crippen LogP contribution in [0.25, 0.3) is 0 Å². The monoisotopic (exact) mass is 411 g/mol. The zero-order chi connectivity index (χ0) is 20.4. The van der Waals surface area contributed by atoms with Gasteiger partial charge in [0.1, 0.15) is 17.1 Å². The van der Waals surface area contributed by atoms with Crippen molar-refractivity contribution in [3.63, 3.8) is 0 Å². The van der Waals surface area contributed by atoms with E-state index in [1.807, 2.05) is 23.9 Å². The summed E-state index contributed by atoms with van der Waals surface area (Å²) in [6, 6.07) is 7.98. The number of hydrogen-bond donors (Lipinski definition) is 1. The van der Waals surface area contributed by atoms with Crippen LogP contribution in [0.3, 0.4) is 0 Å². The fourth-order valence-corrected chi connectivity index (χ4v) is 4.81. The maximum Gasteiger partial charge on any atom is 0.131 e. The molecule has 2 aromatic rings. The lowest BCUT2D eigenvalue weighted by atomic mass is 9.68. The highest BCUT2D eigenvalue weighted by atomic mass is 32.2. The summed E-state index contributed by atoms with van der Waals surface area (Å²) in [6.07, 6.45) is 7.58. The first-order chi connectivity index (χ1) is 14.0. The van der Waals surface area contributed by atoms with Gasteiger partial charge in [0.2, 0.25) is 0 Å². The van der Waals surface area contributed by atoms with Crippen molar-refractivity contribution in [2.45, 2.75) is 17.9 Å². The highest BCUT2D eigenvalue weighted by Crippen LogP contribution is 2.45. The van der Waals surface area contributed by atoms with Crippen LogP contribution in [0.2, 0.25) is 0 Å². The molecule has 0 spiro atoms. The third kappa shape index (κ3) is 3.90. The van der Waals surface area contributed by atoms with E-state index in [9.17, 15) is 9.18 Å². The quantitative estimate of drug-likeness (QED) is 0.616. The van der Waals surface area contributed by atoms with Crippen LogP contribution in [0.4, 0.5) is 10.1 Å². The molecule has 1 fully saturated rings. The highest BCUT2D eigenvalue weighted by molar-refractivity contribution is 7.97. The molecule has 1 saturated heterocycles. The smallest absolute Gasteiger partial charge is 0.131 e. The van der Waals surface area contributed by atoms with E-state index in [4.69, 9.17) is 5.73 Å². The molecule has 2 heterocycles. The topological polar surface area (TPSA) is 76.5 Å². The van der Waals surface area contributed by atoms with Gasteiger partial charge in [0.15, 0.2) is 0 Å². The fourth-order valence-electron chi connectivity index (χ4n) is 3.78. The average Bonchev–Trinajstić information content (AvgIpc) is 3.13. The van der Waals surface area contributed by atoms with Crippen LogP contribution < -0.4 is 5.73 Å². The lowest BCUT2D eigenvalue weighted by molar-refractivity contribution is -0.115. The Morgan fingerprint density at radius 3 is 2.76 bits per heavy atom. The first-order valence-corrected chi connectivity index (χ1v) is 10.1. The van der Waals surface area contributed by atoms with Crippen molar-refractivity contribution in [2.24, 2.45) is 23.2 Å². The number of aryl methyl sites for hydroxylation is 1. The second-order valence-corrected chi connectivity index (χ2v) is 8.40. The molecule has 6 nitrogen and oxygen atoms in total. The molecule has 0 radical (unpaired) electrons. The van der Waals surface area contributed by atoms with E-state index in [2.05, 4.69) is 14.4 Å². The summed E-state index contributed by atoms with van der Waals surface area (Å²) in [4.78, 5) is 16.9. The molecule has 1 aliphatic heterocycles. The number of rotatable bonds is 4. The molecule has 1 unspecified atom stereocenters. The van der Waals surface area contributed by atoms with Crippen molar-refractivity contribution in [2.75, 3.05) is 13.1 Å². The minimum Gasteiger partial charge on any atom is -0.404 e. The number of hydrogen-bond acceptors (Lipinski definition) is 6. The largest absolute Gasteiger partial charge is 0.404 e. The van der Waals surface area contributed by atoms with Gasteiger partial charge in [0, 0.05) is 20.1 Å². The number of nitrogens with two attached hydrogens (primary N) is 1. The van der Waals surface area contributed by atoms with Gasteiger partial charge in [-0.25, -0.2) is 13.7 Å². The lowest BCUT2D eigenvalue weighted by Gasteiger charge is -2.43. The Balaban J connectivity index is 1.63. The van der Waals surface area contributed by atoms with Crippen molar-refractivity contribution in [1.29, 1.82) is 0 Å². The molecule has 2 aliphatic rings. The Bertz CT molecular complexity index is 1010. The van der Waals surface area contributed by atoms with E-state index in [1.54, 1.807) is 30.3 Å². The summed E-state index contributed by atoms with van der Waals surface area (Å²) in [5, 5.41) is 5.24. The summed E-state index contributed by atoms with van der Waals surface area (Å²) >= 11 is 1.61. The fraction of sp³-hybridized carbons (Fsp3) is 0.286. The molecule has 2 N–H and O–H groups in total. The second kappa shape index (κ2) is 7.96. The number of halogens is 1. The van der Waals surface area contributed by atoms with Crippen LogP contribution in [-0.4, -0.2) is 39.2 Å². The molecule has 0 bridgehead atoms. The number of benzene rings is 1. The third-order valence-electron chi connectivity index (χ3n) is 5.38. The van der Waals surface area contributed by atoms with Crippen LogP contribution >= 0.6 is 11.9 Å². The van der Waals surface area contributed by atoms with Gasteiger partial charge in [-0.3, -0.25) is 4.68 Å². The number of aldehydes is 1. The van der Waals surface area contributed by atoms with Gasteiger partial charge in [-0.2, -0.15) is 5.10 Å². The molecule has 4 rings (SSSR count). The molecular formula is C21H22FN5OS. The molecule has 8 heteroatoms. The number of carbonyl (C=O) groups is 1. The molecule has 1 atom stereocenters. The number of piperidine rings is 1. The number of allylic oxidation sites excluding steroid dienone is 2. The summed E-state index contributed by atoms with van der Waals surface area (Å²) in [5.41, 5.74) is 8.55. The lowest BCUT2D eigenvalue weighted by Crippen LogP contribution is -2.45. The Hall–Kier alpha value is -2.71. The van der Waals surface area contributed by atoms with Crippen LogP contribution in [0.1, 0.15) is 12.8 Å². The first-order valence-electron chi connectivity index (χ1n) is 9.37. The van der Waals surface area contributed by atoms with E-state index >= 15 is 0 Å². The van der Waals surface area contributed by atoms with Crippen LogP contribution in [0, 0.1) is 11.2 Å². The molecule has 1 aromatic heterocycles. The zero-order valence-electron chi connectivity index (χ0n) is 16.1. The van der Waals surface area contributed by atoms with Crippen LogP contribution in [0.15, 0.2) is 70.0 Å². The minimum absolute atomic E-state index is 0.302. The maximum atomic E-state index is 13.2. The van der Waals surface area contributed by atoms with Crippen molar-refractivity contribution in [1.82, 2.24) is 14.1 Å². The van der Waals surface area contributed by atoms with Gasteiger partial charge in [-0.1, -0.05) is 5.57 Å². The Labute approximate surface area is 173 Å². The van der Waals surface area contributed by atoms with E-state index in [0.29, 0.717) is 18.7 Å². The number of aliphatic imine (C=N–C) groups is 1. The minimum atomic E-state index is -0.614. The average molecular weight is 412 g/mol. The summed E-state index contributed by atoms with van der Waals surface area (Å²) in [5.74, 6) is -0.302. The number of aromatic nitrogens is 2. The molecule has 0 amide bonds. The molecule has 0 saturated carbocycles. The highest BCUT2D eigenvalue weighted by Gasteiger charge is 2.43. The Morgan fingerprint density at radius 2 is 2.10 bits per heavy atom. The molecule has 150 valence electrons. The predicted octanol–water partition coefficient (Wildman–Crippen LogP) is 3.40. The second-order valence-electron chi connectivity index (χ2n) is 7.28. The SMILES string of the molecule is Cn1nccc1SN1CCC2=CC(=Nc3ccc(F)cc3)C(=CN)CC2(C=O)C1. The standard InChI is InChI=1S/C21H22FN5OS/c1-26-20(6-8-24-26)29-27-9-7-16-10-19(25-18-4-2-17(22)3-5-18)15(12-23)11-21(16,13-27)14-28/h2-6,8,10,12,14H,7,9,11,13,23H2,1H3. The Morgan fingerprint density at radius 1 is 1.31 bits per heavy atom. The Kier molecular flexibility index (Phi) is 5.38. The molecule has 29 heavy (non-hydrogen) atoms. The normalized spacial score (nSPS) is 25.1. The van der Waals surface area contributed by atoms with Gasteiger partial charge >= 0.3 is 0 Å². The van der Waals surface area contributed by atoms with Gasteiger partial charge in [-0.15, -0.1) is 0 Å². The predicted molar refractivity (Wildman–Crippen MR) is 112 cm³/mol. The molecule has 1 aliphatic carbocycles. The van der Waals surface area contributed by atoms with Crippen molar-refractivity contribution in [3.8, 4) is 0 Å². The van der Waals surface area contributed by atoms with E-state index < -0.39 is 5.41 Å². The van der Waals surface area contributed by atoms with E-state index in [-0.39, 0.29) is 5.82 Å². The summed E-state index contributed by atoms with van der Waals surface area (Å²) in [6.45, 7) is 1.42. The number of nitrogens with zero attached hydrogens (tertiary/aromatic N) is 4. The van der Waals surface area contributed by atoms with Crippen LogP contribution in [-0.2, 0) is 11.8 Å². The maximum absolute atomic E-state index is 13.2.